The molecule has 1 aromatic rings. The molecule has 1 N–H and O–H groups in total. The maximum Gasteiger partial charge on any atom is 0.387 e. The monoisotopic (exact) mass is 227 g/mol. The van der Waals surface area contributed by atoms with E-state index >= 15 is 0 Å². The van der Waals surface area contributed by atoms with Crippen LogP contribution in [0.15, 0.2) is 18.2 Å². The molecule has 16 heavy (non-hydrogen) atoms. The third-order valence-electron chi connectivity index (χ3n) is 2.86. The van der Waals surface area contributed by atoms with Crippen LogP contribution in [0.1, 0.15) is 31.2 Å². The zero-order valence-corrected chi connectivity index (χ0v) is 9.17. The van der Waals surface area contributed by atoms with Crippen LogP contribution < -0.4 is 10.1 Å². The fraction of sp³-hybridized carbons (Fsp3) is 0.500. The molecular weight excluding hydrogens is 212 g/mol. The van der Waals surface area contributed by atoms with E-state index in [4.69, 9.17) is 0 Å². The minimum Gasteiger partial charge on any atom is -0.435 e. The van der Waals surface area contributed by atoms with Crippen LogP contribution in [0.25, 0.3) is 0 Å². The van der Waals surface area contributed by atoms with Crippen molar-refractivity contribution in [1.29, 1.82) is 0 Å². The summed E-state index contributed by atoms with van der Waals surface area (Å²) in [4.78, 5) is 0. The molecule has 1 unspecified atom stereocenters. The van der Waals surface area contributed by atoms with E-state index in [1.54, 1.807) is 12.1 Å². The number of halogens is 2. The minimum absolute atomic E-state index is 0.249. The molecule has 0 radical (unpaired) electrons. The predicted octanol–water partition coefficient (Wildman–Crippen LogP) is 3.60. The zero-order valence-electron chi connectivity index (χ0n) is 9.17. The summed E-state index contributed by atoms with van der Waals surface area (Å²) in [6.07, 6.45) is 2.16. The highest BCUT2D eigenvalue weighted by Crippen LogP contribution is 2.36. The van der Waals surface area contributed by atoms with Crippen LogP contribution in [0.5, 0.6) is 5.75 Å². The van der Waals surface area contributed by atoms with Crippen LogP contribution in [0.3, 0.4) is 0 Å². The number of fused-ring (bicyclic) bond motifs is 1. The Bertz CT molecular complexity index is 366. The molecule has 2 nitrogen and oxygen atoms in total. The highest BCUT2D eigenvalue weighted by atomic mass is 19.3. The van der Waals surface area contributed by atoms with Gasteiger partial charge in [0.25, 0.3) is 0 Å². The Morgan fingerprint density at radius 1 is 1.50 bits per heavy atom. The van der Waals surface area contributed by atoms with Gasteiger partial charge in [-0.05, 0) is 30.2 Å². The Morgan fingerprint density at radius 2 is 2.31 bits per heavy atom. The molecule has 0 spiro atoms. The van der Waals surface area contributed by atoms with Gasteiger partial charge < -0.3 is 10.1 Å². The molecule has 0 saturated heterocycles. The van der Waals surface area contributed by atoms with E-state index in [2.05, 4.69) is 17.0 Å². The number of ether oxygens (including phenoxy) is 1. The first-order valence-corrected chi connectivity index (χ1v) is 5.53. The molecule has 1 aromatic carbocycles. The van der Waals surface area contributed by atoms with Gasteiger partial charge >= 0.3 is 6.61 Å². The van der Waals surface area contributed by atoms with Gasteiger partial charge in [-0.2, -0.15) is 8.78 Å². The van der Waals surface area contributed by atoms with E-state index in [0.29, 0.717) is 5.92 Å². The van der Waals surface area contributed by atoms with E-state index in [1.165, 1.54) is 0 Å². The van der Waals surface area contributed by atoms with Gasteiger partial charge in [0, 0.05) is 18.2 Å². The van der Waals surface area contributed by atoms with Gasteiger partial charge in [-0.25, -0.2) is 0 Å². The van der Waals surface area contributed by atoms with Crippen LogP contribution in [0.2, 0.25) is 0 Å². The number of nitrogens with one attached hydrogen (secondary N) is 1. The molecule has 0 fully saturated rings. The Hall–Kier alpha value is -1.32. The Labute approximate surface area is 93.6 Å². The molecule has 0 aromatic heterocycles. The molecule has 2 rings (SSSR count). The second-order valence-corrected chi connectivity index (χ2v) is 3.99. The van der Waals surface area contributed by atoms with Crippen LogP contribution >= 0.6 is 0 Å². The van der Waals surface area contributed by atoms with Gasteiger partial charge in [-0.1, -0.05) is 13.3 Å². The van der Waals surface area contributed by atoms with Gasteiger partial charge in [0.1, 0.15) is 5.75 Å². The van der Waals surface area contributed by atoms with Crippen LogP contribution in [-0.2, 0) is 0 Å². The van der Waals surface area contributed by atoms with Crippen molar-refractivity contribution in [1.82, 2.24) is 0 Å². The predicted molar refractivity (Wildman–Crippen MR) is 59.2 cm³/mol. The van der Waals surface area contributed by atoms with Gasteiger partial charge in [0.15, 0.2) is 0 Å². The second-order valence-electron chi connectivity index (χ2n) is 3.99. The summed E-state index contributed by atoms with van der Waals surface area (Å²) < 4.78 is 28.6. The number of benzene rings is 1. The lowest BCUT2D eigenvalue weighted by Crippen LogP contribution is -2.03. The van der Waals surface area contributed by atoms with E-state index in [9.17, 15) is 8.78 Å². The van der Waals surface area contributed by atoms with E-state index in [0.717, 1.165) is 30.6 Å². The van der Waals surface area contributed by atoms with Crippen LogP contribution in [0, 0.1) is 0 Å². The fourth-order valence-electron chi connectivity index (χ4n) is 2.16. The molecule has 0 aliphatic carbocycles. The van der Waals surface area contributed by atoms with Crippen LogP contribution in [0.4, 0.5) is 14.5 Å². The Morgan fingerprint density at radius 3 is 3.00 bits per heavy atom. The van der Waals surface area contributed by atoms with Crippen molar-refractivity contribution < 1.29 is 13.5 Å². The molecule has 1 aliphatic rings. The van der Waals surface area contributed by atoms with Gasteiger partial charge in [0.05, 0.1) is 0 Å². The van der Waals surface area contributed by atoms with Gasteiger partial charge in [0.2, 0.25) is 0 Å². The Balaban J connectivity index is 2.19. The molecule has 1 atom stereocenters. The first-order valence-electron chi connectivity index (χ1n) is 5.53. The third-order valence-corrected chi connectivity index (χ3v) is 2.86. The highest BCUT2D eigenvalue weighted by molar-refractivity contribution is 5.60. The topological polar surface area (TPSA) is 21.3 Å². The molecule has 1 heterocycles. The lowest BCUT2D eigenvalue weighted by Gasteiger charge is -2.10. The SMILES string of the molecule is CCCC1CNc2ccc(OC(F)F)cc21. The number of hydrogen-bond donors (Lipinski definition) is 1. The smallest absolute Gasteiger partial charge is 0.387 e. The van der Waals surface area contributed by atoms with Crippen molar-refractivity contribution in [2.45, 2.75) is 32.3 Å². The Kier molecular flexibility index (Phi) is 3.27. The maximum atomic E-state index is 12.1. The molecule has 88 valence electrons. The van der Waals surface area contributed by atoms with Crippen molar-refractivity contribution in [3.05, 3.63) is 23.8 Å². The summed E-state index contributed by atoms with van der Waals surface area (Å²) in [6.45, 7) is 0.260. The molecule has 0 amide bonds. The standard InChI is InChI=1S/C12H15F2NO/c1-2-3-8-7-15-11-5-4-9(6-10(8)11)16-12(13)14/h4-6,8,12,15H,2-3,7H2,1H3. The summed E-state index contributed by atoms with van der Waals surface area (Å²) in [7, 11) is 0. The number of rotatable bonds is 4. The molecular formula is C12H15F2NO. The largest absolute Gasteiger partial charge is 0.435 e. The molecule has 0 saturated carbocycles. The van der Waals surface area contributed by atoms with Crippen LogP contribution in [-0.4, -0.2) is 13.2 Å². The van der Waals surface area contributed by atoms with E-state index in [-0.39, 0.29) is 5.75 Å². The van der Waals surface area contributed by atoms with Gasteiger partial charge in [-0.15, -0.1) is 0 Å². The third kappa shape index (κ3) is 2.26. The summed E-state index contributed by atoms with van der Waals surface area (Å²) in [5.41, 5.74) is 2.14. The lowest BCUT2D eigenvalue weighted by atomic mass is 9.96. The average molecular weight is 227 g/mol. The van der Waals surface area contributed by atoms with Crippen molar-refractivity contribution in [3.63, 3.8) is 0 Å². The molecule has 0 bridgehead atoms. The minimum atomic E-state index is -2.75. The number of alkyl halides is 2. The maximum absolute atomic E-state index is 12.1. The molecule has 4 heteroatoms. The second kappa shape index (κ2) is 4.68. The number of anilines is 1. The fourth-order valence-corrected chi connectivity index (χ4v) is 2.16. The summed E-state index contributed by atoms with van der Waals surface area (Å²) in [5, 5.41) is 3.27. The van der Waals surface area contributed by atoms with Crippen molar-refractivity contribution in [2.75, 3.05) is 11.9 Å². The normalized spacial score (nSPS) is 18.4. The quantitative estimate of drug-likeness (QED) is 0.848. The van der Waals surface area contributed by atoms with Crippen molar-refractivity contribution in [3.8, 4) is 5.75 Å². The van der Waals surface area contributed by atoms with Gasteiger partial charge in [-0.3, -0.25) is 0 Å². The van der Waals surface area contributed by atoms with E-state index < -0.39 is 6.61 Å². The average Bonchev–Trinajstić information content (AvgIpc) is 2.61. The summed E-state index contributed by atoms with van der Waals surface area (Å²) >= 11 is 0. The zero-order chi connectivity index (χ0) is 11.5. The number of hydrogen-bond acceptors (Lipinski definition) is 2. The first kappa shape index (κ1) is 11.2. The van der Waals surface area contributed by atoms with Crippen molar-refractivity contribution >= 4 is 5.69 Å². The molecule has 1 aliphatic heterocycles. The lowest BCUT2D eigenvalue weighted by molar-refractivity contribution is -0.0498. The summed E-state index contributed by atoms with van der Waals surface area (Å²) in [5.74, 6) is 0.666. The van der Waals surface area contributed by atoms with Crippen molar-refractivity contribution in [2.24, 2.45) is 0 Å². The van der Waals surface area contributed by atoms with E-state index in [1.807, 2.05) is 6.07 Å². The first-order chi connectivity index (χ1) is 7.70. The highest BCUT2D eigenvalue weighted by Gasteiger charge is 2.22. The summed E-state index contributed by atoms with van der Waals surface area (Å²) in [6, 6.07) is 5.11.